The summed E-state index contributed by atoms with van der Waals surface area (Å²) in [5.74, 6) is 0.0747. The lowest BCUT2D eigenvalue weighted by molar-refractivity contribution is -0.119. The zero-order valence-corrected chi connectivity index (χ0v) is 13.6. The largest absolute Gasteiger partial charge is 0.373 e. The predicted octanol–water partition coefficient (Wildman–Crippen LogP) is 0.284. The number of morpholine rings is 1. The summed E-state index contributed by atoms with van der Waals surface area (Å²) in [6.45, 7) is 7.39. The summed E-state index contributed by atoms with van der Waals surface area (Å²) in [5, 5.41) is 10.5. The van der Waals surface area contributed by atoms with Crippen molar-refractivity contribution in [2.45, 2.75) is 25.9 Å². The summed E-state index contributed by atoms with van der Waals surface area (Å²) in [4.78, 5) is 15.0. The van der Waals surface area contributed by atoms with Gasteiger partial charge in [0.2, 0.25) is 11.0 Å². The first-order valence-corrected chi connectivity index (χ1v) is 7.94. The molecule has 2 N–H and O–H groups in total. The highest BCUT2D eigenvalue weighted by atomic mass is 32.1. The van der Waals surface area contributed by atoms with Crippen molar-refractivity contribution in [3.8, 4) is 0 Å². The fraction of sp³-hybridized carbons (Fsp3) is 0.769. The van der Waals surface area contributed by atoms with E-state index in [4.69, 9.17) is 10.5 Å². The Morgan fingerprint density at radius 3 is 2.95 bits per heavy atom. The molecule has 0 bridgehead atoms. The molecule has 1 amide bonds. The van der Waals surface area contributed by atoms with Gasteiger partial charge >= 0.3 is 0 Å². The van der Waals surface area contributed by atoms with Crippen LogP contribution in [0.15, 0.2) is 0 Å². The van der Waals surface area contributed by atoms with E-state index in [0.717, 1.165) is 23.2 Å². The number of carbonyl (C=O) groups excluding carboxylic acids is 1. The van der Waals surface area contributed by atoms with Gasteiger partial charge in [-0.15, -0.1) is 10.2 Å². The van der Waals surface area contributed by atoms with Crippen LogP contribution in [0.2, 0.25) is 0 Å². The van der Waals surface area contributed by atoms with Crippen LogP contribution in [-0.2, 0) is 9.53 Å². The highest BCUT2D eigenvalue weighted by Crippen LogP contribution is 2.26. The van der Waals surface area contributed by atoms with Crippen molar-refractivity contribution < 1.29 is 9.53 Å². The maximum Gasteiger partial charge on any atom is 0.231 e. The Balaban J connectivity index is 1.92. The lowest BCUT2D eigenvalue weighted by Gasteiger charge is -2.34. The third-order valence-corrected chi connectivity index (χ3v) is 4.56. The predicted molar refractivity (Wildman–Crippen MR) is 82.6 cm³/mol. The number of primary amides is 1. The number of nitrogens with two attached hydrogens (primary N) is 1. The van der Waals surface area contributed by atoms with E-state index in [2.05, 4.69) is 28.9 Å². The average Bonchev–Trinajstić information content (AvgIpc) is 2.87. The van der Waals surface area contributed by atoms with Crippen LogP contribution in [0, 0.1) is 0 Å². The number of hydrogen-bond donors (Lipinski definition) is 1. The SMILES string of the molecule is CC(C)c1nnc(N2CCO[C@H](CN(C)CC(N)=O)C2)s1. The van der Waals surface area contributed by atoms with Gasteiger partial charge in [0, 0.05) is 25.6 Å². The molecular formula is C13H23N5O2S. The van der Waals surface area contributed by atoms with Gasteiger partial charge in [0.1, 0.15) is 5.01 Å². The van der Waals surface area contributed by atoms with Crippen LogP contribution in [0.1, 0.15) is 24.8 Å². The van der Waals surface area contributed by atoms with E-state index < -0.39 is 0 Å². The number of anilines is 1. The first-order valence-electron chi connectivity index (χ1n) is 7.12. The van der Waals surface area contributed by atoms with E-state index in [1.165, 1.54) is 0 Å². The quantitative estimate of drug-likeness (QED) is 0.812. The molecule has 0 radical (unpaired) electrons. The molecule has 2 heterocycles. The minimum atomic E-state index is -0.323. The molecular weight excluding hydrogens is 290 g/mol. The van der Waals surface area contributed by atoms with Gasteiger partial charge in [-0.3, -0.25) is 9.69 Å². The van der Waals surface area contributed by atoms with Crippen LogP contribution >= 0.6 is 11.3 Å². The van der Waals surface area contributed by atoms with Crippen molar-refractivity contribution in [2.24, 2.45) is 5.73 Å². The summed E-state index contributed by atoms with van der Waals surface area (Å²) in [5.41, 5.74) is 5.20. The minimum absolute atomic E-state index is 0.0505. The number of amides is 1. The van der Waals surface area contributed by atoms with Crippen molar-refractivity contribution in [1.29, 1.82) is 0 Å². The molecule has 1 aliphatic rings. The molecule has 2 rings (SSSR count). The van der Waals surface area contributed by atoms with Crippen molar-refractivity contribution in [1.82, 2.24) is 15.1 Å². The lowest BCUT2D eigenvalue weighted by atomic mass is 10.2. The summed E-state index contributed by atoms with van der Waals surface area (Å²) >= 11 is 1.64. The molecule has 1 aromatic rings. The Bertz CT molecular complexity index is 479. The number of carbonyl (C=O) groups is 1. The number of hydrogen-bond acceptors (Lipinski definition) is 7. The van der Waals surface area contributed by atoms with Gasteiger partial charge in [-0.25, -0.2) is 0 Å². The molecule has 21 heavy (non-hydrogen) atoms. The molecule has 8 heteroatoms. The zero-order valence-electron chi connectivity index (χ0n) is 12.8. The summed E-state index contributed by atoms with van der Waals surface area (Å²) < 4.78 is 5.76. The number of rotatable bonds is 6. The third-order valence-electron chi connectivity index (χ3n) is 3.27. The van der Waals surface area contributed by atoms with Gasteiger partial charge < -0.3 is 15.4 Å². The van der Waals surface area contributed by atoms with E-state index in [-0.39, 0.29) is 18.6 Å². The Morgan fingerprint density at radius 1 is 1.57 bits per heavy atom. The van der Waals surface area contributed by atoms with Gasteiger partial charge in [-0.05, 0) is 7.05 Å². The number of nitrogens with zero attached hydrogens (tertiary/aromatic N) is 4. The summed E-state index contributed by atoms with van der Waals surface area (Å²) in [6.07, 6.45) is 0.0505. The summed E-state index contributed by atoms with van der Waals surface area (Å²) in [7, 11) is 1.87. The second kappa shape index (κ2) is 7.15. The first kappa shape index (κ1) is 16.1. The van der Waals surface area contributed by atoms with Gasteiger partial charge in [0.05, 0.1) is 19.3 Å². The molecule has 0 unspecified atom stereocenters. The van der Waals surface area contributed by atoms with Crippen molar-refractivity contribution >= 4 is 22.4 Å². The van der Waals surface area contributed by atoms with Crippen LogP contribution in [-0.4, -0.2) is 66.9 Å². The van der Waals surface area contributed by atoms with Crippen molar-refractivity contribution in [3.05, 3.63) is 5.01 Å². The second-order valence-corrected chi connectivity index (χ2v) is 6.67. The van der Waals surface area contributed by atoms with Gasteiger partial charge in [0.15, 0.2) is 0 Å². The Labute approximate surface area is 129 Å². The average molecular weight is 313 g/mol. The van der Waals surface area contributed by atoms with Gasteiger partial charge in [0.25, 0.3) is 0 Å². The van der Waals surface area contributed by atoms with Crippen LogP contribution in [0.25, 0.3) is 0 Å². The molecule has 0 spiro atoms. The fourth-order valence-electron chi connectivity index (χ4n) is 2.27. The van der Waals surface area contributed by atoms with Crippen LogP contribution in [0.4, 0.5) is 5.13 Å². The van der Waals surface area contributed by atoms with Gasteiger partial charge in [-0.1, -0.05) is 25.2 Å². The highest BCUT2D eigenvalue weighted by molar-refractivity contribution is 7.15. The topological polar surface area (TPSA) is 84.6 Å². The highest BCUT2D eigenvalue weighted by Gasteiger charge is 2.24. The standard InChI is InChI=1S/C13H23N5O2S/c1-9(2)12-15-16-13(21-12)18-4-5-20-10(7-18)6-17(3)8-11(14)19/h9-10H,4-8H2,1-3H3,(H2,14,19)/t10-/m1/s1. The molecule has 1 aromatic heterocycles. The van der Waals surface area contributed by atoms with E-state index >= 15 is 0 Å². The Kier molecular flexibility index (Phi) is 5.49. The molecule has 0 saturated carbocycles. The molecule has 7 nitrogen and oxygen atoms in total. The van der Waals surface area contributed by atoms with Crippen LogP contribution < -0.4 is 10.6 Å². The molecule has 1 saturated heterocycles. The molecule has 1 aliphatic heterocycles. The monoisotopic (exact) mass is 313 g/mol. The normalized spacial score (nSPS) is 19.5. The summed E-state index contributed by atoms with van der Waals surface area (Å²) in [6, 6.07) is 0. The molecule has 0 aliphatic carbocycles. The minimum Gasteiger partial charge on any atom is -0.373 e. The van der Waals surface area contributed by atoms with E-state index in [1.807, 2.05) is 11.9 Å². The van der Waals surface area contributed by atoms with Crippen LogP contribution in [0.3, 0.4) is 0 Å². The fourth-order valence-corrected chi connectivity index (χ4v) is 3.15. The Morgan fingerprint density at radius 2 is 2.33 bits per heavy atom. The second-order valence-electron chi connectivity index (χ2n) is 5.68. The molecule has 1 atom stereocenters. The lowest BCUT2D eigenvalue weighted by Crippen LogP contribution is -2.48. The molecule has 0 aromatic carbocycles. The number of ether oxygens (including phenoxy) is 1. The van der Waals surface area contributed by atoms with E-state index in [9.17, 15) is 4.79 Å². The molecule has 118 valence electrons. The van der Waals surface area contributed by atoms with Crippen LogP contribution in [0.5, 0.6) is 0 Å². The zero-order chi connectivity index (χ0) is 15.4. The first-order chi connectivity index (χ1) is 9.95. The van der Waals surface area contributed by atoms with Crippen molar-refractivity contribution in [3.63, 3.8) is 0 Å². The Hall–Kier alpha value is -1.25. The van der Waals surface area contributed by atoms with E-state index in [1.54, 1.807) is 11.3 Å². The van der Waals surface area contributed by atoms with E-state index in [0.29, 0.717) is 19.1 Å². The van der Waals surface area contributed by atoms with Gasteiger partial charge in [-0.2, -0.15) is 0 Å². The number of likely N-dealkylation sites (N-methyl/N-ethyl adjacent to an activating group) is 1. The van der Waals surface area contributed by atoms with Crippen molar-refractivity contribution in [2.75, 3.05) is 44.7 Å². The maximum absolute atomic E-state index is 10.9. The molecule has 1 fully saturated rings. The smallest absolute Gasteiger partial charge is 0.231 e. The third kappa shape index (κ3) is 4.62. The maximum atomic E-state index is 10.9. The number of aromatic nitrogens is 2.